The summed E-state index contributed by atoms with van der Waals surface area (Å²) in [7, 11) is -1.72. The zero-order valence-electron chi connectivity index (χ0n) is 17.5. The molecule has 0 bridgehead atoms. The van der Waals surface area contributed by atoms with Crippen LogP contribution in [0.1, 0.15) is 31.5 Å². The third-order valence-corrected chi connectivity index (χ3v) is 6.64. The number of nitrogens with zero attached hydrogens (tertiary/aromatic N) is 2. The molecule has 0 aliphatic carbocycles. The van der Waals surface area contributed by atoms with Crippen LogP contribution in [-0.4, -0.2) is 56.6 Å². The largest absolute Gasteiger partial charge is 0.379 e. The number of nitrogens with one attached hydrogen (secondary N) is 2. The fraction of sp³-hybridized carbons (Fsp3) is 0.476. The van der Waals surface area contributed by atoms with E-state index in [9.17, 15) is 13.2 Å². The Labute approximate surface area is 178 Å². The summed E-state index contributed by atoms with van der Waals surface area (Å²) >= 11 is 0. The quantitative estimate of drug-likeness (QED) is 0.631. The van der Waals surface area contributed by atoms with Gasteiger partial charge in [-0.1, -0.05) is 6.92 Å². The molecule has 1 aliphatic rings. The molecule has 1 aromatic heterocycles. The average molecular weight is 435 g/mol. The average Bonchev–Trinajstić information content (AvgIpc) is 3.15. The number of ether oxygens (including phenoxy) is 1. The fourth-order valence-electron chi connectivity index (χ4n) is 3.57. The molecular formula is C21H30N4O4S. The molecular weight excluding hydrogens is 404 g/mol. The summed E-state index contributed by atoms with van der Waals surface area (Å²) in [6, 6.07) is 10.1. The summed E-state index contributed by atoms with van der Waals surface area (Å²) in [5.74, 6) is -0.0813. The first-order chi connectivity index (χ1) is 14.4. The van der Waals surface area contributed by atoms with E-state index in [4.69, 9.17) is 4.74 Å². The lowest BCUT2D eigenvalue weighted by Crippen LogP contribution is -2.44. The van der Waals surface area contributed by atoms with Crippen molar-refractivity contribution in [3.63, 3.8) is 0 Å². The van der Waals surface area contributed by atoms with Gasteiger partial charge in [-0.05, 0) is 42.8 Å². The number of sulfonamides is 1. The molecule has 8 nitrogen and oxygen atoms in total. The van der Waals surface area contributed by atoms with Crippen LogP contribution in [0.25, 0.3) is 0 Å². The standard InChI is InChI=1S/C21H30N4O4S/c1-3-5-21(26)23-17-7-9-18(10-8-17)30(27,28)22-16-20(19-6-4-11-24(19)2)25-12-14-29-15-13-25/h4,6-11,20,22H,3,5,12-16H2,1-2H3,(H,23,26). The van der Waals surface area contributed by atoms with Gasteiger partial charge in [0.2, 0.25) is 15.9 Å². The minimum absolute atomic E-state index is 0.0813. The van der Waals surface area contributed by atoms with Crippen molar-refractivity contribution in [1.82, 2.24) is 14.2 Å². The predicted octanol–water partition coefficient (Wildman–Crippen LogP) is 2.12. The number of benzene rings is 1. The molecule has 2 heterocycles. The Bertz CT molecular complexity index is 934. The minimum atomic E-state index is -3.68. The SMILES string of the molecule is CCCC(=O)Nc1ccc(S(=O)(=O)NCC(c2cccn2C)N2CCOCC2)cc1. The molecule has 1 fully saturated rings. The van der Waals surface area contributed by atoms with Crippen molar-refractivity contribution in [3.05, 3.63) is 48.3 Å². The van der Waals surface area contributed by atoms with E-state index in [-0.39, 0.29) is 23.4 Å². The number of aryl methyl sites for hydroxylation is 1. The van der Waals surface area contributed by atoms with E-state index in [1.807, 2.05) is 36.9 Å². The lowest BCUT2D eigenvalue weighted by atomic mass is 10.1. The van der Waals surface area contributed by atoms with E-state index in [1.54, 1.807) is 12.1 Å². The van der Waals surface area contributed by atoms with E-state index in [2.05, 4.69) is 14.9 Å². The number of amides is 1. The number of rotatable bonds is 9. The number of carbonyl (C=O) groups is 1. The zero-order chi connectivity index (χ0) is 21.6. The highest BCUT2D eigenvalue weighted by Gasteiger charge is 2.26. The van der Waals surface area contributed by atoms with E-state index in [0.29, 0.717) is 25.3 Å². The molecule has 1 aromatic carbocycles. The summed E-state index contributed by atoms with van der Waals surface area (Å²) in [6.45, 7) is 4.97. The van der Waals surface area contributed by atoms with Gasteiger partial charge < -0.3 is 14.6 Å². The number of anilines is 1. The molecule has 3 rings (SSSR count). The van der Waals surface area contributed by atoms with Gasteiger partial charge in [0.15, 0.2) is 0 Å². The van der Waals surface area contributed by atoms with Gasteiger partial charge in [0.1, 0.15) is 0 Å². The van der Waals surface area contributed by atoms with E-state index < -0.39 is 10.0 Å². The monoisotopic (exact) mass is 434 g/mol. The molecule has 0 spiro atoms. The first kappa shape index (κ1) is 22.5. The third-order valence-electron chi connectivity index (χ3n) is 5.20. The van der Waals surface area contributed by atoms with Gasteiger partial charge in [0, 0.05) is 50.7 Å². The van der Waals surface area contributed by atoms with Gasteiger partial charge in [-0.3, -0.25) is 9.69 Å². The molecule has 30 heavy (non-hydrogen) atoms. The van der Waals surface area contributed by atoms with Crippen molar-refractivity contribution in [3.8, 4) is 0 Å². The van der Waals surface area contributed by atoms with E-state index in [0.717, 1.165) is 25.2 Å². The Morgan fingerprint density at radius 1 is 1.17 bits per heavy atom. The molecule has 1 atom stereocenters. The van der Waals surface area contributed by atoms with Gasteiger partial charge in [-0.15, -0.1) is 0 Å². The van der Waals surface area contributed by atoms with Crippen LogP contribution in [0.15, 0.2) is 47.5 Å². The highest BCUT2D eigenvalue weighted by atomic mass is 32.2. The molecule has 1 unspecified atom stereocenters. The van der Waals surface area contributed by atoms with Crippen molar-refractivity contribution < 1.29 is 17.9 Å². The summed E-state index contributed by atoms with van der Waals surface area (Å²) < 4.78 is 35.9. The summed E-state index contributed by atoms with van der Waals surface area (Å²) in [5.41, 5.74) is 1.64. The van der Waals surface area contributed by atoms with Crippen molar-refractivity contribution >= 4 is 21.6 Å². The highest BCUT2D eigenvalue weighted by Crippen LogP contribution is 2.22. The zero-order valence-corrected chi connectivity index (χ0v) is 18.3. The second-order valence-electron chi connectivity index (χ2n) is 7.38. The summed E-state index contributed by atoms with van der Waals surface area (Å²) in [6.07, 6.45) is 3.15. The van der Waals surface area contributed by atoms with Crippen molar-refractivity contribution in [2.45, 2.75) is 30.7 Å². The number of aromatic nitrogens is 1. The molecule has 2 aromatic rings. The Morgan fingerprint density at radius 2 is 1.87 bits per heavy atom. The molecule has 0 saturated carbocycles. The predicted molar refractivity (Wildman–Crippen MR) is 116 cm³/mol. The first-order valence-corrected chi connectivity index (χ1v) is 11.7. The molecule has 1 aliphatic heterocycles. The highest BCUT2D eigenvalue weighted by molar-refractivity contribution is 7.89. The second-order valence-corrected chi connectivity index (χ2v) is 9.15. The topological polar surface area (TPSA) is 92.7 Å². The maximum Gasteiger partial charge on any atom is 0.240 e. The van der Waals surface area contributed by atoms with E-state index >= 15 is 0 Å². The van der Waals surface area contributed by atoms with Gasteiger partial charge in [0.05, 0.1) is 24.2 Å². The second kappa shape index (κ2) is 10.2. The Morgan fingerprint density at radius 3 is 2.47 bits per heavy atom. The molecule has 2 N–H and O–H groups in total. The number of morpholine rings is 1. The van der Waals surface area contributed by atoms with Crippen molar-refractivity contribution in [1.29, 1.82) is 0 Å². The molecule has 1 amide bonds. The number of carbonyl (C=O) groups excluding carboxylic acids is 1. The van der Waals surface area contributed by atoms with Gasteiger partial charge in [-0.2, -0.15) is 0 Å². The van der Waals surface area contributed by atoms with Crippen LogP contribution in [0.5, 0.6) is 0 Å². The lowest BCUT2D eigenvalue weighted by Gasteiger charge is -2.34. The van der Waals surface area contributed by atoms with Crippen LogP contribution in [0.2, 0.25) is 0 Å². The maximum absolute atomic E-state index is 12.9. The van der Waals surface area contributed by atoms with Gasteiger partial charge in [-0.25, -0.2) is 13.1 Å². The van der Waals surface area contributed by atoms with Crippen LogP contribution < -0.4 is 10.0 Å². The van der Waals surface area contributed by atoms with E-state index in [1.165, 1.54) is 12.1 Å². The fourth-order valence-corrected chi connectivity index (χ4v) is 4.61. The number of hydrogen-bond donors (Lipinski definition) is 2. The van der Waals surface area contributed by atoms with Crippen LogP contribution in [-0.2, 0) is 26.6 Å². The van der Waals surface area contributed by atoms with Crippen LogP contribution in [0.4, 0.5) is 5.69 Å². The van der Waals surface area contributed by atoms with Crippen molar-refractivity contribution in [2.75, 3.05) is 38.2 Å². The molecule has 164 valence electrons. The van der Waals surface area contributed by atoms with Crippen molar-refractivity contribution in [2.24, 2.45) is 7.05 Å². The Balaban J connectivity index is 1.70. The molecule has 1 saturated heterocycles. The summed E-state index contributed by atoms with van der Waals surface area (Å²) in [4.78, 5) is 14.1. The first-order valence-electron chi connectivity index (χ1n) is 10.2. The smallest absolute Gasteiger partial charge is 0.240 e. The van der Waals surface area contributed by atoms with Crippen LogP contribution in [0, 0.1) is 0 Å². The molecule has 9 heteroatoms. The van der Waals surface area contributed by atoms with Gasteiger partial charge >= 0.3 is 0 Å². The van der Waals surface area contributed by atoms with Crippen LogP contribution >= 0.6 is 0 Å². The third kappa shape index (κ3) is 5.69. The number of hydrogen-bond acceptors (Lipinski definition) is 5. The lowest BCUT2D eigenvalue weighted by molar-refractivity contribution is -0.116. The van der Waals surface area contributed by atoms with Gasteiger partial charge in [0.25, 0.3) is 0 Å². The minimum Gasteiger partial charge on any atom is -0.379 e. The normalized spacial score (nSPS) is 16.3. The Hall–Kier alpha value is -2.20. The molecule has 0 radical (unpaired) electrons. The maximum atomic E-state index is 12.9. The van der Waals surface area contributed by atoms with Crippen LogP contribution in [0.3, 0.4) is 0 Å². The summed E-state index contributed by atoms with van der Waals surface area (Å²) in [5, 5.41) is 2.76. The Kier molecular flexibility index (Phi) is 7.65.